The Hall–Kier alpha value is -2.02. The summed E-state index contributed by atoms with van der Waals surface area (Å²) >= 11 is 0. The normalized spacial score (nSPS) is 19.3. The second-order valence-corrected chi connectivity index (χ2v) is 4.43. The minimum absolute atomic E-state index is 0.0410. The zero-order chi connectivity index (χ0) is 13.3. The van der Waals surface area contributed by atoms with E-state index in [0.717, 1.165) is 12.0 Å². The molecule has 4 nitrogen and oxygen atoms in total. The zero-order valence-corrected chi connectivity index (χ0v) is 10.8. The third kappa shape index (κ3) is 1.63. The SMILES string of the molecule is CCC(C)N1C(=O)c2c(OC)cccc2C1C#N. The maximum absolute atomic E-state index is 12.4. The number of fused-ring (bicyclic) bond motifs is 1. The van der Waals surface area contributed by atoms with Crippen LogP contribution in [0.1, 0.15) is 42.2 Å². The van der Waals surface area contributed by atoms with Gasteiger partial charge in [-0.15, -0.1) is 0 Å². The van der Waals surface area contributed by atoms with Crippen LogP contribution in [-0.2, 0) is 0 Å². The average molecular weight is 244 g/mol. The summed E-state index contributed by atoms with van der Waals surface area (Å²) in [4.78, 5) is 14.1. The van der Waals surface area contributed by atoms with Crippen molar-refractivity contribution in [3.05, 3.63) is 29.3 Å². The Morgan fingerprint density at radius 3 is 2.83 bits per heavy atom. The van der Waals surface area contributed by atoms with Crippen molar-refractivity contribution in [3.8, 4) is 11.8 Å². The minimum Gasteiger partial charge on any atom is -0.496 e. The number of nitrogens with zero attached hydrogens (tertiary/aromatic N) is 2. The summed E-state index contributed by atoms with van der Waals surface area (Å²) in [5.74, 6) is 0.437. The molecule has 1 aliphatic heterocycles. The van der Waals surface area contributed by atoms with Gasteiger partial charge < -0.3 is 9.64 Å². The van der Waals surface area contributed by atoms with Crippen molar-refractivity contribution in [2.24, 2.45) is 0 Å². The fourth-order valence-electron chi connectivity index (χ4n) is 2.35. The monoisotopic (exact) mass is 244 g/mol. The number of amides is 1. The van der Waals surface area contributed by atoms with Gasteiger partial charge in [-0.2, -0.15) is 5.26 Å². The fourth-order valence-corrected chi connectivity index (χ4v) is 2.35. The molecule has 0 bridgehead atoms. The first kappa shape index (κ1) is 12.4. The van der Waals surface area contributed by atoms with E-state index in [9.17, 15) is 10.1 Å². The van der Waals surface area contributed by atoms with E-state index < -0.39 is 6.04 Å². The Balaban J connectivity index is 2.56. The summed E-state index contributed by atoms with van der Waals surface area (Å²) in [7, 11) is 1.54. The lowest BCUT2D eigenvalue weighted by Gasteiger charge is -2.26. The Kier molecular flexibility index (Phi) is 3.24. The van der Waals surface area contributed by atoms with E-state index in [4.69, 9.17) is 4.74 Å². The van der Waals surface area contributed by atoms with E-state index in [1.165, 1.54) is 7.11 Å². The van der Waals surface area contributed by atoms with E-state index in [1.54, 1.807) is 11.0 Å². The van der Waals surface area contributed by atoms with E-state index >= 15 is 0 Å². The molecule has 2 atom stereocenters. The van der Waals surface area contributed by atoms with Gasteiger partial charge in [0.15, 0.2) is 0 Å². The first-order valence-corrected chi connectivity index (χ1v) is 6.04. The number of hydrogen-bond acceptors (Lipinski definition) is 3. The van der Waals surface area contributed by atoms with Gasteiger partial charge in [0.1, 0.15) is 11.8 Å². The van der Waals surface area contributed by atoms with Gasteiger partial charge in [0.2, 0.25) is 0 Å². The smallest absolute Gasteiger partial charge is 0.259 e. The molecule has 1 aliphatic rings. The van der Waals surface area contributed by atoms with Crippen molar-refractivity contribution < 1.29 is 9.53 Å². The number of rotatable bonds is 3. The molecule has 0 N–H and O–H groups in total. The van der Waals surface area contributed by atoms with Crippen molar-refractivity contribution in [1.29, 1.82) is 5.26 Å². The molecule has 0 radical (unpaired) electrons. The molecule has 0 aromatic heterocycles. The molecular formula is C14H16N2O2. The number of methoxy groups -OCH3 is 1. The van der Waals surface area contributed by atoms with Crippen LogP contribution in [0.5, 0.6) is 5.75 Å². The second-order valence-electron chi connectivity index (χ2n) is 4.43. The molecule has 18 heavy (non-hydrogen) atoms. The van der Waals surface area contributed by atoms with E-state index in [2.05, 4.69) is 6.07 Å². The largest absolute Gasteiger partial charge is 0.496 e. The third-order valence-electron chi connectivity index (χ3n) is 3.49. The number of hydrogen-bond donors (Lipinski definition) is 0. The highest BCUT2D eigenvalue weighted by molar-refractivity contribution is 6.02. The predicted octanol–water partition coefficient (Wildman–Crippen LogP) is 2.51. The predicted molar refractivity (Wildman–Crippen MR) is 67.3 cm³/mol. The summed E-state index contributed by atoms with van der Waals surface area (Å²) in [6.07, 6.45) is 0.820. The summed E-state index contributed by atoms with van der Waals surface area (Å²) < 4.78 is 5.23. The van der Waals surface area contributed by atoms with Crippen LogP contribution >= 0.6 is 0 Å². The van der Waals surface area contributed by atoms with E-state index in [-0.39, 0.29) is 11.9 Å². The van der Waals surface area contributed by atoms with E-state index in [0.29, 0.717) is 11.3 Å². The molecular weight excluding hydrogens is 228 g/mol. The van der Waals surface area contributed by atoms with Crippen molar-refractivity contribution in [3.63, 3.8) is 0 Å². The topological polar surface area (TPSA) is 53.3 Å². The number of benzene rings is 1. The molecule has 0 saturated carbocycles. The molecule has 1 amide bonds. The van der Waals surface area contributed by atoms with Gasteiger partial charge in [-0.05, 0) is 19.4 Å². The first-order chi connectivity index (χ1) is 8.65. The highest BCUT2D eigenvalue weighted by Gasteiger charge is 2.40. The number of carbonyl (C=O) groups is 1. The molecule has 94 valence electrons. The van der Waals surface area contributed by atoms with Gasteiger partial charge in [-0.1, -0.05) is 19.1 Å². The third-order valence-corrected chi connectivity index (χ3v) is 3.49. The van der Waals surface area contributed by atoms with Gasteiger partial charge in [0.25, 0.3) is 5.91 Å². The molecule has 0 saturated heterocycles. The van der Waals surface area contributed by atoms with Crippen molar-refractivity contribution in [2.45, 2.75) is 32.4 Å². The molecule has 0 spiro atoms. The van der Waals surface area contributed by atoms with Gasteiger partial charge in [0, 0.05) is 11.6 Å². The van der Waals surface area contributed by atoms with Crippen LogP contribution in [0.4, 0.5) is 0 Å². The maximum atomic E-state index is 12.4. The van der Waals surface area contributed by atoms with Gasteiger partial charge in [0.05, 0.1) is 18.7 Å². The standard InChI is InChI=1S/C14H16N2O2/c1-4-9(2)16-11(8-15)10-6-5-7-12(18-3)13(10)14(16)17/h5-7,9,11H,4H2,1-3H3. The number of ether oxygens (including phenoxy) is 1. The Labute approximate surface area is 107 Å². The maximum Gasteiger partial charge on any atom is 0.259 e. The molecule has 0 fully saturated rings. The fraction of sp³-hybridized carbons (Fsp3) is 0.429. The molecule has 0 aliphatic carbocycles. The minimum atomic E-state index is -0.502. The molecule has 1 heterocycles. The van der Waals surface area contributed by atoms with Crippen LogP contribution < -0.4 is 4.74 Å². The van der Waals surface area contributed by atoms with Crippen LogP contribution in [0, 0.1) is 11.3 Å². The Bertz CT molecular complexity index is 519. The highest BCUT2D eigenvalue weighted by Crippen LogP contribution is 2.39. The Morgan fingerprint density at radius 1 is 1.56 bits per heavy atom. The van der Waals surface area contributed by atoms with Gasteiger partial charge in [-0.3, -0.25) is 4.79 Å². The lowest BCUT2D eigenvalue weighted by atomic mass is 10.0. The van der Waals surface area contributed by atoms with Crippen LogP contribution in [-0.4, -0.2) is 24.0 Å². The zero-order valence-electron chi connectivity index (χ0n) is 10.8. The van der Waals surface area contributed by atoms with Crippen LogP contribution in [0.2, 0.25) is 0 Å². The lowest BCUT2D eigenvalue weighted by Crippen LogP contribution is -2.35. The summed E-state index contributed by atoms with van der Waals surface area (Å²) in [6.45, 7) is 3.97. The van der Waals surface area contributed by atoms with E-state index in [1.807, 2.05) is 26.0 Å². The molecule has 1 aromatic carbocycles. The second kappa shape index (κ2) is 4.69. The molecule has 2 unspecified atom stereocenters. The van der Waals surface area contributed by atoms with Crippen molar-refractivity contribution in [2.75, 3.05) is 7.11 Å². The number of carbonyl (C=O) groups excluding carboxylic acids is 1. The number of nitriles is 1. The van der Waals surface area contributed by atoms with Gasteiger partial charge in [-0.25, -0.2) is 0 Å². The van der Waals surface area contributed by atoms with Gasteiger partial charge >= 0.3 is 0 Å². The lowest BCUT2D eigenvalue weighted by molar-refractivity contribution is 0.0682. The van der Waals surface area contributed by atoms with Crippen LogP contribution in [0.15, 0.2) is 18.2 Å². The van der Waals surface area contributed by atoms with Crippen LogP contribution in [0.3, 0.4) is 0 Å². The summed E-state index contributed by atoms with van der Waals surface area (Å²) in [6, 6.07) is 7.15. The summed E-state index contributed by atoms with van der Waals surface area (Å²) in [5, 5.41) is 9.32. The molecule has 4 heteroatoms. The molecule has 1 aromatic rings. The van der Waals surface area contributed by atoms with Crippen molar-refractivity contribution in [1.82, 2.24) is 4.90 Å². The first-order valence-electron chi connectivity index (χ1n) is 6.04. The summed E-state index contributed by atoms with van der Waals surface area (Å²) in [5.41, 5.74) is 1.29. The highest BCUT2D eigenvalue weighted by atomic mass is 16.5. The quantitative estimate of drug-likeness (QED) is 0.821. The molecule has 2 rings (SSSR count). The van der Waals surface area contributed by atoms with Crippen molar-refractivity contribution >= 4 is 5.91 Å². The Morgan fingerprint density at radius 2 is 2.28 bits per heavy atom. The average Bonchev–Trinajstić information content (AvgIpc) is 2.70. The van der Waals surface area contributed by atoms with Crippen LogP contribution in [0.25, 0.3) is 0 Å².